The molecule has 0 radical (unpaired) electrons. The number of fused-ring (bicyclic) bond motifs is 1. The lowest BCUT2D eigenvalue weighted by atomic mass is 10.1. The van der Waals surface area contributed by atoms with E-state index < -0.39 is 23.9 Å². The summed E-state index contributed by atoms with van der Waals surface area (Å²) in [6, 6.07) is 8.12. The van der Waals surface area contributed by atoms with Crippen LogP contribution in [-0.4, -0.2) is 26.6 Å². The van der Waals surface area contributed by atoms with Gasteiger partial charge < -0.3 is 15.5 Å². The molecule has 0 saturated carbocycles. The van der Waals surface area contributed by atoms with E-state index in [0.29, 0.717) is 28.1 Å². The van der Waals surface area contributed by atoms with E-state index >= 15 is 0 Å². The Hall–Kier alpha value is -3.42. The molecule has 38 heavy (non-hydrogen) atoms. The monoisotopic (exact) mass is 619 g/mol. The topological polar surface area (TPSA) is 116 Å². The lowest BCUT2D eigenvalue weighted by Crippen LogP contribution is -2.16. The highest BCUT2D eigenvalue weighted by Gasteiger charge is 2.26. The summed E-state index contributed by atoms with van der Waals surface area (Å²) in [6.07, 6.45) is -2.82. The number of carbonyl (C=O) groups is 2. The van der Waals surface area contributed by atoms with Gasteiger partial charge in [-0.05, 0) is 67.0 Å². The van der Waals surface area contributed by atoms with Gasteiger partial charge in [-0.1, -0.05) is 0 Å². The predicted octanol–water partition coefficient (Wildman–Crippen LogP) is 6.84. The average Bonchev–Trinajstić information content (AvgIpc) is 3.64. The van der Waals surface area contributed by atoms with E-state index in [0.717, 1.165) is 32.1 Å². The number of carbonyl (C=O) groups excluding carboxylic acids is 2. The van der Waals surface area contributed by atoms with Crippen LogP contribution in [0.3, 0.4) is 0 Å². The normalized spacial score (nSPS) is 11.6. The van der Waals surface area contributed by atoms with Gasteiger partial charge in [-0.3, -0.25) is 14.3 Å². The summed E-state index contributed by atoms with van der Waals surface area (Å²) < 4.78 is 35.7. The Morgan fingerprint density at radius 1 is 1.18 bits per heavy atom. The van der Waals surface area contributed by atoms with Gasteiger partial charge in [0.15, 0.2) is 5.76 Å². The molecule has 0 fully saturated rings. The zero-order valence-corrected chi connectivity index (χ0v) is 23.5. The van der Waals surface area contributed by atoms with Crippen LogP contribution < -0.4 is 11.1 Å². The van der Waals surface area contributed by atoms with Crippen molar-refractivity contribution in [1.82, 2.24) is 14.8 Å². The molecule has 0 aliphatic rings. The van der Waals surface area contributed by atoms with E-state index in [1.54, 1.807) is 16.8 Å². The Labute approximate surface area is 231 Å². The largest absolute Gasteiger partial charge is 0.454 e. The second-order valence-corrected chi connectivity index (χ2v) is 11.6. The summed E-state index contributed by atoms with van der Waals surface area (Å²) in [7, 11) is 0. The first-order valence-corrected chi connectivity index (χ1v) is 13.7. The van der Waals surface area contributed by atoms with Gasteiger partial charge in [0.1, 0.15) is 21.2 Å². The molecular weight excluding hydrogens is 600 g/mol. The number of rotatable bonds is 7. The van der Waals surface area contributed by atoms with E-state index in [-0.39, 0.29) is 21.2 Å². The van der Waals surface area contributed by atoms with E-state index in [2.05, 4.69) is 31.3 Å². The maximum Gasteiger partial charge on any atom is 0.291 e. The van der Waals surface area contributed by atoms with E-state index in [4.69, 9.17) is 10.2 Å². The summed E-state index contributed by atoms with van der Waals surface area (Å²) in [4.78, 5) is 31.4. The fourth-order valence-corrected chi connectivity index (χ4v) is 6.22. The molecule has 0 aliphatic carbocycles. The second-order valence-electron chi connectivity index (χ2n) is 8.52. The van der Waals surface area contributed by atoms with Crippen LogP contribution in [0.15, 0.2) is 39.2 Å². The molecule has 0 aromatic carbocycles. The molecule has 0 spiro atoms. The van der Waals surface area contributed by atoms with Crippen LogP contribution in [0.2, 0.25) is 0 Å². The van der Waals surface area contributed by atoms with Crippen molar-refractivity contribution in [3.63, 3.8) is 0 Å². The number of thiophene rings is 2. The first kappa shape index (κ1) is 26.2. The van der Waals surface area contributed by atoms with Crippen LogP contribution in [0.5, 0.6) is 0 Å². The van der Waals surface area contributed by atoms with Crippen molar-refractivity contribution in [2.24, 2.45) is 5.73 Å². The van der Waals surface area contributed by atoms with Crippen LogP contribution in [-0.2, 0) is 6.54 Å². The first-order chi connectivity index (χ1) is 18.0. The molecule has 13 heteroatoms. The Morgan fingerprint density at radius 2 is 1.95 bits per heavy atom. The SMILES string of the molecule is Cc1ccc(-c2cc(C(F)F)nc3sc(C(N)=O)c(NC(=O)c4ccc(Cn5nc(C)c(Br)c5C)o4)c23)s1. The van der Waals surface area contributed by atoms with Crippen molar-refractivity contribution in [3.8, 4) is 10.4 Å². The molecule has 0 unspecified atom stereocenters. The van der Waals surface area contributed by atoms with Gasteiger partial charge in [-0.2, -0.15) is 5.10 Å². The minimum absolute atomic E-state index is 0.000968. The van der Waals surface area contributed by atoms with Gasteiger partial charge in [-0.25, -0.2) is 13.8 Å². The zero-order valence-electron chi connectivity index (χ0n) is 20.3. The fraction of sp³-hybridized carbons (Fsp3) is 0.200. The second kappa shape index (κ2) is 10.0. The number of amides is 2. The van der Waals surface area contributed by atoms with Gasteiger partial charge in [0, 0.05) is 20.7 Å². The molecule has 0 bridgehead atoms. The molecule has 8 nitrogen and oxygen atoms in total. The number of pyridine rings is 1. The lowest BCUT2D eigenvalue weighted by molar-refractivity contribution is 0.0994. The van der Waals surface area contributed by atoms with Gasteiger partial charge >= 0.3 is 0 Å². The van der Waals surface area contributed by atoms with Crippen LogP contribution in [0.25, 0.3) is 20.7 Å². The summed E-state index contributed by atoms with van der Waals surface area (Å²) in [5, 5.41) is 7.53. The smallest absolute Gasteiger partial charge is 0.291 e. The molecule has 0 saturated heterocycles. The zero-order chi connectivity index (χ0) is 27.3. The first-order valence-electron chi connectivity index (χ1n) is 11.2. The van der Waals surface area contributed by atoms with E-state index in [1.807, 2.05) is 26.8 Å². The number of nitrogens with one attached hydrogen (secondary N) is 1. The van der Waals surface area contributed by atoms with Crippen molar-refractivity contribution in [2.75, 3.05) is 5.32 Å². The summed E-state index contributed by atoms with van der Waals surface area (Å²) in [6.45, 7) is 5.99. The number of hydrogen-bond acceptors (Lipinski definition) is 7. The highest BCUT2D eigenvalue weighted by molar-refractivity contribution is 9.10. The average molecular weight is 621 g/mol. The lowest BCUT2D eigenvalue weighted by Gasteiger charge is -2.09. The summed E-state index contributed by atoms with van der Waals surface area (Å²) in [5.41, 5.74) is 7.46. The van der Waals surface area contributed by atoms with Gasteiger partial charge in [-0.15, -0.1) is 22.7 Å². The molecule has 0 atom stereocenters. The molecule has 5 aromatic rings. The highest BCUT2D eigenvalue weighted by Crippen LogP contribution is 2.44. The number of aryl methyl sites for hydroxylation is 2. The number of alkyl halides is 2. The van der Waals surface area contributed by atoms with Gasteiger partial charge in [0.2, 0.25) is 0 Å². The van der Waals surface area contributed by atoms with Crippen LogP contribution in [0, 0.1) is 20.8 Å². The van der Waals surface area contributed by atoms with Crippen LogP contribution >= 0.6 is 38.6 Å². The van der Waals surface area contributed by atoms with Crippen molar-refractivity contribution in [2.45, 2.75) is 33.7 Å². The van der Waals surface area contributed by atoms with Crippen LogP contribution in [0.4, 0.5) is 14.5 Å². The molecule has 5 rings (SSSR count). The molecule has 196 valence electrons. The number of halogens is 3. The summed E-state index contributed by atoms with van der Waals surface area (Å²) >= 11 is 5.74. The van der Waals surface area contributed by atoms with E-state index in [9.17, 15) is 18.4 Å². The van der Waals surface area contributed by atoms with Crippen LogP contribution in [0.1, 0.15) is 54.4 Å². The number of furan rings is 1. The quantitative estimate of drug-likeness (QED) is 0.207. The van der Waals surface area contributed by atoms with Gasteiger partial charge in [0.25, 0.3) is 18.2 Å². The molecular formula is C25H20BrF2N5O3S2. The number of nitrogens with two attached hydrogens (primary N) is 1. The number of nitrogens with zero attached hydrogens (tertiary/aromatic N) is 3. The Kier molecular flexibility index (Phi) is 6.92. The summed E-state index contributed by atoms with van der Waals surface area (Å²) in [5.74, 6) is -0.942. The molecule has 3 N–H and O–H groups in total. The van der Waals surface area contributed by atoms with Crippen molar-refractivity contribution in [3.05, 3.63) is 73.2 Å². The van der Waals surface area contributed by atoms with Crippen molar-refractivity contribution in [1.29, 1.82) is 0 Å². The minimum Gasteiger partial charge on any atom is -0.454 e. The van der Waals surface area contributed by atoms with Crippen molar-refractivity contribution < 1.29 is 22.8 Å². The molecule has 5 aromatic heterocycles. The number of primary amides is 1. The number of hydrogen-bond donors (Lipinski definition) is 2. The molecule has 5 heterocycles. The Morgan fingerprint density at radius 3 is 2.55 bits per heavy atom. The number of aromatic nitrogens is 3. The molecule has 2 amide bonds. The highest BCUT2D eigenvalue weighted by atomic mass is 79.9. The maximum atomic E-state index is 13.7. The standard InChI is InChI=1S/C25H20BrF2N5O3S2/c1-10-4-7-17(37-10)14-8-15(22(27)28)30-25-18(14)20(21(38-25)23(29)34)31-24(35)16-6-5-13(36-16)9-33-12(3)19(26)11(2)32-33/h4-8,22H,9H2,1-3H3,(H2,29,34)(H,31,35). The third-order valence-electron chi connectivity index (χ3n) is 5.86. The Bertz CT molecular complexity index is 1720. The van der Waals surface area contributed by atoms with Crippen molar-refractivity contribution >= 4 is 66.3 Å². The minimum atomic E-state index is -2.82. The van der Waals surface area contributed by atoms with E-state index in [1.165, 1.54) is 23.5 Å². The predicted molar refractivity (Wildman–Crippen MR) is 146 cm³/mol. The maximum absolute atomic E-state index is 13.7. The number of anilines is 1. The third-order valence-corrected chi connectivity index (χ3v) is 9.14. The molecule has 0 aliphatic heterocycles. The van der Waals surface area contributed by atoms with Gasteiger partial charge in [0.05, 0.1) is 28.1 Å². The third kappa shape index (κ3) is 4.76. The Balaban J connectivity index is 1.55. The fourth-order valence-electron chi connectivity index (χ4n) is 4.03.